The van der Waals surface area contributed by atoms with E-state index in [1.165, 1.54) is 11.3 Å². The van der Waals surface area contributed by atoms with E-state index in [4.69, 9.17) is 4.74 Å². The fourth-order valence-electron chi connectivity index (χ4n) is 3.52. The molecule has 1 fully saturated rings. The number of carbonyl (C=O) groups excluding carboxylic acids is 2. The number of nitrogens with zero attached hydrogens (tertiary/aromatic N) is 1. The molecule has 31 heavy (non-hydrogen) atoms. The van der Waals surface area contributed by atoms with Gasteiger partial charge in [0.2, 0.25) is 5.91 Å². The van der Waals surface area contributed by atoms with Crippen LogP contribution in [0.1, 0.15) is 58.9 Å². The van der Waals surface area contributed by atoms with Crippen LogP contribution in [0, 0.1) is 0 Å². The smallest absolute Gasteiger partial charge is 0.341 e. The van der Waals surface area contributed by atoms with Crippen molar-refractivity contribution >= 4 is 28.2 Å². The van der Waals surface area contributed by atoms with Gasteiger partial charge in [-0.3, -0.25) is 15.1 Å². The Kier molecular flexibility index (Phi) is 6.74. The van der Waals surface area contributed by atoms with E-state index in [0.717, 1.165) is 29.7 Å². The minimum atomic E-state index is -0.371. The molecule has 3 aromatic rings. The third-order valence-electron chi connectivity index (χ3n) is 5.15. The topological polar surface area (TPSA) is 80.3 Å². The highest BCUT2D eigenvalue weighted by Crippen LogP contribution is 2.46. The SMILES string of the molecule is CCOC(=O)c1c(C2CC2)csc1NC(=O)CNC(c1ccccc1)c1ccccn1. The Morgan fingerprint density at radius 1 is 1.16 bits per heavy atom. The van der Waals surface area contributed by atoms with Gasteiger partial charge in [-0.05, 0) is 54.3 Å². The van der Waals surface area contributed by atoms with Crippen LogP contribution in [0.25, 0.3) is 0 Å². The number of esters is 1. The molecule has 2 N–H and O–H groups in total. The molecule has 1 saturated carbocycles. The molecule has 1 atom stereocenters. The molecule has 0 aliphatic heterocycles. The van der Waals surface area contributed by atoms with E-state index in [1.807, 2.05) is 53.9 Å². The highest BCUT2D eigenvalue weighted by molar-refractivity contribution is 7.15. The van der Waals surface area contributed by atoms with Crippen LogP contribution in [-0.4, -0.2) is 30.0 Å². The molecule has 2 aromatic heterocycles. The molecule has 0 bridgehead atoms. The summed E-state index contributed by atoms with van der Waals surface area (Å²) in [5, 5.41) is 8.73. The Bertz CT molecular complexity index is 993. The third kappa shape index (κ3) is 5.18. The van der Waals surface area contributed by atoms with Crippen molar-refractivity contribution in [3.63, 3.8) is 0 Å². The van der Waals surface area contributed by atoms with Gasteiger partial charge < -0.3 is 10.1 Å². The van der Waals surface area contributed by atoms with Crippen molar-refractivity contribution in [2.75, 3.05) is 18.5 Å². The number of thiophene rings is 1. The number of ether oxygens (including phenoxy) is 1. The first kappa shape index (κ1) is 21.2. The summed E-state index contributed by atoms with van der Waals surface area (Å²) in [5.41, 5.74) is 3.35. The van der Waals surface area contributed by atoms with E-state index < -0.39 is 0 Å². The third-order valence-corrected chi connectivity index (χ3v) is 6.07. The number of aromatic nitrogens is 1. The lowest BCUT2D eigenvalue weighted by Gasteiger charge is -2.18. The summed E-state index contributed by atoms with van der Waals surface area (Å²) in [6.45, 7) is 2.16. The van der Waals surface area contributed by atoms with Crippen molar-refractivity contribution in [3.05, 3.63) is 82.5 Å². The minimum Gasteiger partial charge on any atom is -0.462 e. The van der Waals surface area contributed by atoms with Gasteiger partial charge in [-0.1, -0.05) is 36.4 Å². The summed E-state index contributed by atoms with van der Waals surface area (Å²) in [6.07, 6.45) is 3.88. The second kappa shape index (κ2) is 9.85. The molecule has 1 amide bonds. The maximum Gasteiger partial charge on any atom is 0.341 e. The van der Waals surface area contributed by atoms with Gasteiger partial charge in [0.05, 0.1) is 30.5 Å². The van der Waals surface area contributed by atoms with E-state index in [9.17, 15) is 9.59 Å². The predicted octanol–water partition coefficient (Wildman–Crippen LogP) is 4.51. The molecule has 6 nitrogen and oxygen atoms in total. The second-order valence-electron chi connectivity index (χ2n) is 7.42. The Morgan fingerprint density at radius 2 is 1.94 bits per heavy atom. The molecule has 1 aromatic carbocycles. The molecule has 160 valence electrons. The van der Waals surface area contributed by atoms with E-state index in [0.29, 0.717) is 23.1 Å². The molecule has 4 rings (SSSR count). The minimum absolute atomic E-state index is 0.0784. The van der Waals surface area contributed by atoms with E-state index in [1.54, 1.807) is 13.1 Å². The molecule has 1 aliphatic carbocycles. The van der Waals surface area contributed by atoms with Crippen LogP contribution < -0.4 is 10.6 Å². The molecule has 0 radical (unpaired) electrons. The Morgan fingerprint density at radius 3 is 2.61 bits per heavy atom. The number of rotatable bonds is 9. The van der Waals surface area contributed by atoms with Crippen LogP contribution in [0.5, 0.6) is 0 Å². The Hall–Kier alpha value is -3.03. The van der Waals surface area contributed by atoms with Gasteiger partial charge in [-0.25, -0.2) is 4.79 Å². The maximum absolute atomic E-state index is 12.8. The summed E-state index contributed by atoms with van der Waals surface area (Å²) in [6, 6.07) is 15.4. The van der Waals surface area contributed by atoms with Crippen LogP contribution in [-0.2, 0) is 9.53 Å². The summed E-state index contributed by atoms with van der Waals surface area (Å²) < 4.78 is 5.23. The van der Waals surface area contributed by atoms with Crippen molar-refractivity contribution in [2.24, 2.45) is 0 Å². The summed E-state index contributed by atoms with van der Waals surface area (Å²) in [4.78, 5) is 29.7. The first-order valence-corrected chi connectivity index (χ1v) is 11.3. The van der Waals surface area contributed by atoms with Crippen LogP contribution >= 0.6 is 11.3 Å². The van der Waals surface area contributed by atoms with Gasteiger partial charge in [-0.2, -0.15) is 0 Å². The highest BCUT2D eigenvalue weighted by atomic mass is 32.1. The second-order valence-corrected chi connectivity index (χ2v) is 8.30. The van der Waals surface area contributed by atoms with Crippen LogP contribution in [0.4, 0.5) is 5.00 Å². The number of pyridine rings is 1. The molecular weight excluding hydrogens is 410 g/mol. The summed E-state index contributed by atoms with van der Waals surface area (Å²) in [5.74, 6) is -0.192. The van der Waals surface area contributed by atoms with Gasteiger partial charge in [0.25, 0.3) is 0 Å². The van der Waals surface area contributed by atoms with Crippen LogP contribution in [0.15, 0.2) is 60.1 Å². The Balaban J connectivity index is 1.48. The number of hydrogen-bond donors (Lipinski definition) is 2. The number of carbonyl (C=O) groups is 2. The van der Waals surface area contributed by atoms with E-state index >= 15 is 0 Å². The van der Waals surface area contributed by atoms with Crippen LogP contribution in [0.2, 0.25) is 0 Å². The first-order valence-electron chi connectivity index (χ1n) is 10.4. The number of nitrogens with one attached hydrogen (secondary N) is 2. The zero-order valence-electron chi connectivity index (χ0n) is 17.3. The van der Waals surface area contributed by atoms with Crippen LogP contribution in [0.3, 0.4) is 0 Å². The van der Waals surface area contributed by atoms with E-state index in [-0.39, 0.29) is 24.5 Å². The van der Waals surface area contributed by atoms with Gasteiger partial charge >= 0.3 is 5.97 Å². The predicted molar refractivity (Wildman–Crippen MR) is 121 cm³/mol. The molecule has 2 heterocycles. The molecule has 7 heteroatoms. The Labute approximate surface area is 185 Å². The fourth-order valence-corrected chi connectivity index (χ4v) is 4.57. The quantitative estimate of drug-likeness (QED) is 0.483. The average Bonchev–Trinajstić information content (AvgIpc) is 3.56. The number of benzene rings is 1. The maximum atomic E-state index is 12.8. The first-order chi connectivity index (χ1) is 15.2. The molecular formula is C24H25N3O3S. The van der Waals surface area contributed by atoms with Gasteiger partial charge in [0.15, 0.2) is 0 Å². The largest absolute Gasteiger partial charge is 0.462 e. The van der Waals surface area contributed by atoms with E-state index in [2.05, 4.69) is 15.6 Å². The highest BCUT2D eigenvalue weighted by Gasteiger charge is 2.32. The van der Waals surface area contributed by atoms with Crippen molar-refractivity contribution < 1.29 is 14.3 Å². The van der Waals surface area contributed by atoms with Gasteiger partial charge in [-0.15, -0.1) is 11.3 Å². The zero-order chi connectivity index (χ0) is 21.6. The molecule has 0 spiro atoms. The lowest BCUT2D eigenvalue weighted by Crippen LogP contribution is -2.32. The summed E-state index contributed by atoms with van der Waals surface area (Å²) >= 11 is 1.38. The lowest BCUT2D eigenvalue weighted by atomic mass is 10.0. The molecule has 1 aliphatic rings. The summed E-state index contributed by atoms with van der Waals surface area (Å²) in [7, 11) is 0. The molecule has 0 saturated heterocycles. The lowest BCUT2D eigenvalue weighted by molar-refractivity contribution is -0.115. The van der Waals surface area contributed by atoms with Crippen molar-refractivity contribution in [3.8, 4) is 0 Å². The number of amides is 1. The van der Waals surface area contributed by atoms with Gasteiger partial charge in [0.1, 0.15) is 5.00 Å². The number of hydrogen-bond acceptors (Lipinski definition) is 6. The fraction of sp³-hybridized carbons (Fsp3) is 0.292. The zero-order valence-corrected chi connectivity index (χ0v) is 18.2. The monoisotopic (exact) mass is 435 g/mol. The van der Waals surface area contributed by atoms with Gasteiger partial charge in [0, 0.05) is 6.20 Å². The molecule has 1 unspecified atom stereocenters. The van der Waals surface area contributed by atoms with Crippen molar-refractivity contribution in [1.29, 1.82) is 0 Å². The number of anilines is 1. The normalized spacial score (nSPS) is 14.1. The average molecular weight is 436 g/mol. The standard InChI is InChI=1S/C24H25N3O3S/c1-2-30-24(29)21-18(16-11-12-16)15-31-23(21)27-20(28)14-26-22(17-8-4-3-5-9-17)19-10-6-7-13-25-19/h3-10,13,15-16,22,26H,2,11-12,14H2,1H3,(H,27,28). The van der Waals surface area contributed by atoms with Crippen molar-refractivity contribution in [2.45, 2.75) is 31.7 Å². The van der Waals surface area contributed by atoms with Crippen molar-refractivity contribution in [1.82, 2.24) is 10.3 Å².